The molecule has 0 unspecified atom stereocenters. The van der Waals surface area contributed by atoms with E-state index in [4.69, 9.17) is 27.4 Å². The number of thiocarbonyl (C=S) groups is 1. The van der Waals surface area contributed by atoms with Crippen LogP contribution in [0.2, 0.25) is 0 Å². The SMILES string of the molecule is CCOC[C@@]1(C(N)=S)[C@H](S(C)(=O)=O)[C@@H]1c1ccc(OC)cc1. The molecule has 1 aliphatic rings. The molecule has 2 rings (SSSR count). The van der Waals surface area contributed by atoms with Gasteiger partial charge in [0.05, 0.1) is 29.4 Å². The number of rotatable bonds is 7. The van der Waals surface area contributed by atoms with Crippen LogP contribution in [0, 0.1) is 5.41 Å². The topological polar surface area (TPSA) is 78.6 Å². The summed E-state index contributed by atoms with van der Waals surface area (Å²) in [5, 5.41) is -0.641. The van der Waals surface area contributed by atoms with E-state index < -0.39 is 20.5 Å². The van der Waals surface area contributed by atoms with Gasteiger partial charge in [0.2, 0.25) is 0 Å². The molecule has 0 spiro atoms. The van der Waals surface area contributed by atoms with E-state index in [9.17, 15) is 8.42 Å². The fraction of sp³-hybridized carbons (Fsp3) is 0.533. The molecule has 1 aromatic carbocycles. The third kappa shape index (κ3) is 2.85. The van der Waals surface area contributed by atoms with E-state index in [-0.39, 0.29) is 17.5 Å². The number of methoxy groups -OCH3 is 1. The van der Waals surface area contributed by atoms with Crippen LogP contribution >= 0.6 is 12.2 Å². The van der Waals surface area contributed by atoms with Gasteiger partial charge < -0.3 is 15.2 Å². The number of hydrogen-bond acceptors (Lipinski definition) is 5. The average Bonchev–Trinajstić information content (AvgIpc) is 3.16. The zero-order valence-electron chi connectivity index (χ0n) is 12.9. The molecule has 122 valence electrons. The van der Waals surface area contributed by atoms with Gasteiger partial charge in [0.1, 0.15) is 5.75 Å². The highest BCUT2D eigenvalue weighted by atomic mass is 32.2. The molecule has 3 atom stereocenters. The Morgan fingerprint density at radius 3 is 2.36 bits per heavy atom. The third-order valence-electron chi connectivity index (χ3n) is 4.20. The summed E-state index contributed by atoms with van der Waals surface area (Å²) in [6, 6.07) is 7.32. The van der Waals surface area contributed by atoms with Crippen LogP contribution in [0.5, 0.6) is 5.75 Å². The van der Waals surface area contributed by atoms with Crippen molar-refractivity contribution in [2.75, 3.05) is 26.6 Å². The molecular weight excluding hydrogens is 322 g/mol. The summed E-state index contributed by atoms with van der Waals surface area (Å²) >= 11 is 5.19. The number of hydrogen-bond donors (Lipinski definition) is 1. The van der Waals surface area contributed by atoms with Crippen LogP contribution in [-0.2, 0) is 14.6 Å². The Bertz CT molecular complexity index is 657. The van der Waals surface area contributed by atoms with Crippen molar-refractivity contribution in [3.8, 4) is 5.75 Å². The summed E-state index contributed by atoms with van der Waals surface area (Å²) in [6.07, 6.45) is 1.22. The van der Waals surface area contributed by atoms with Crippen LogP contribution in [-0.4, -0.2) is 45.2 Å². The Balaban J connectivity index is 2.43. The maximum absolute atomic E-state index is 12.2. The van der Waals surface area contributed by atoms with Gasteiger partial charge in [0.15, 0.2) is 9.84 Å². The molecule has 1 saturated carbocycles. The fourth-order valence-electron chi connectivity index (χ4n) is 3.12. The molecule has 0 aliphatic heterocycles. The second-order valence-electron chi connectivity index (χ2n) is 5.54. The van der Waals surface area contributed by atoms with Gasteiger partial charge in [-0.05, 0) is 24.6 Å². The molecule has 7 heteroatoms. The summed E-state index contributed by atoms with van der Waals surface area (Å²) in [4.78, 5) is 0.192. The van der Waals surface area contributed by atoms with E-state index in [1.807, 2.05) is 19.1 Å². The largest absolute Gasteiger partial charge is 0.497 e. The van der Waals surface area contributed by atoms with E-state index >= 15 is 0 Å². The van der Waals surface area contributed by atoms with Crippen molar-refractivity contribution in [1.82, 2.24) is 0 Å². The number of ether oxygens (including phenoxy) is 2. The Labute approximate surface area is 136 Å². The Morgan fingerprint density at radius 2 is 1.95 bits per heavy atom. The van der Waals surface area contributed by atoms with Gasteiger partial charge in [-0.25, -0.2) is 8.42 Å². The van der Waals surface area contributed by atoms with Crippen molar-refractivity contribution >= 4 is 27.0 Å². The van der Waals surface area contributed by atoms with Gasteiger partial charge in [0.25, 0.3) is 0 Å². The van der Waals surface area contributed by atoms with Crippen LogP contribution in [0.25, 0.3) is 0 Å². The minimum absolute atomic E-state index is 0.192. The van der Waals surface area contributed by atoms with Crippen LogP contribution in [0.3, 0.4) is 0 Å². The lowest BCUT2D eigenvalue weighted by Crippen LogP contribution is -2.33. The van der Waals surface area contributed by atoms with Crippen LogP contribution in [0.15, 0.2) is 24.3 Å². The van der Waals surface area contributed by atoms with Gasteiger partial charge in [-0.1, -0.05) is 24.4 Å². The molecule has 5 nitrogen and oxygen atoms in total. The zero-order valence-corrected chi connectivity index (χ0v) is 14.5. The summed E-state index contributed by atoms with van der Waals surface area (Å²) in [5.41, 5.74) is 5.96. The summed E-state index contributed by atoms with van der Waals surface area (Å²) in [7, 11) is -1.72. The van der Waals surface area contributed by atoms with Crippen molar-refractivity contribution < 1.29 is 17.9 Å². The maximum Gasteiger partial charge on any atom is 0.152 e. The first-order valence-electron chi connectivity index (χ1n) is 6.99. The molecule has 22 heavy (non-hydrogen) atoms. The number of sulfone groups is 1. The van der Waals surface area contributed by atoms with Crippen molar-refractivity contribution in [3.63, 3.8) is 0 Å². The number of nitrogens with two attached hydrogens (primary N) is 1. The van der Waals surface area contributed by atoms with E-state index in [0.29, 0.717) is 12.4 Å². The first kappa shape index (κ1) is 17.2. The molecule has 0 radical (unpaired) electrons. The van der Waals surface area contributed by atoms with Gasteiger partial charge in [-0.2, -0.15) is 0 Å². The lowest BCUT2D eigenvalue weighted by Gasteiger charge is -2.16. The summed E-state index contributed by atoms with van der Waals surface area (Å²) < 4.78 is 35.0. The molecule has 1 aromatic rings. The Hall–Kier alpha value is -1.18. The zero-order chi connectivity index (χ0) is 16.5. The smallest absolute Gasteiger partial charge is 0.152 e. The highest BCUT2D eigenvalue weighted by Gasteiger charge is 2.71. The normalized spacial score (nSPS) is 27.4. The van der Waals surface area contributed by atoms with E-state index in [0.717, 1.165) is 5.56 Å². The van der Waals surface area contributed by atoms with E-state index in [1.165, 1.54) is 6.26 Å². The second kappa shape index (κ2) is 6.14. The predicted molar refractivity (Wildman–Crippen MR) is 90.1 cm³/mol. The summed E-state index contributed by atoms with van der Waals surface area (Å²) in [5.74, 6) is 0.434. The van der Waals surface area contributed by atoms with E-state index in [1.54, 1.807) is 19.2 Å². The lowest BCUT2D eigenvalue weighted by atomic mass is 10.00. The van der Waals surface area contributed by atoms with Crippen molar-refractivity contribution in [2.45, 2.75) is 18.1 Å². The van der Waals surface area contributed by atoms with Crippen molar-refractivity contribution in [3.05, 3.63) is 29.8 Å². The molecule has 2 N–H and O–H groups in total. The minimum Gasteiger partial charge on any atom is -0.497 e. The molecule has 1 fully saturated rings. The van der Waals surface area contributed by atoms with Crippen molar-refractivity contribution in [1.29, 1.82) is 0 Å². The fourth-order valence-corrected chi connectivity index (χ4v) is 5.43. The number of benzene rings is 1. The molecule has 0 heterocycles. The van der Waals surface area contributed by atoms with Gasteiger partial charge in [-0.15, -0.1) is 0 Å². The molecule has 0 bridgehead atoms. The minimum atomic E-state index is -3.30. The van der Waals surface area contributed by atoms with Gasteiger partial charge >= 0.3 is 0 Å². The standard InChI is InChI=1S/C15H21NO4S2/c1-4-20-9-15(14(16)21)12(13(15)22(3,17)18)10-5-7-11(19-2)8-6-10/h5-8,12-13H,4,9H2,1-3H3,(H2,16,21)/t12-,13+,15-/m0/s1. The van der Waals surface area contributed by atoms with Gasteiger partial charge in [-0.3, -0.25) is 0 Å². The Kier molecular flexibility index (Phi) is 4.79. The van der Waals surface area contributed by atoms with Gasteiger partial charge in [0, 0.05) is 18.8 Å². The van der Waals surface area contributed by atoms with Crippen LogP contribution in [0.1, 0.15) is 18.4 Å². The average molecular weight is 343 g/mol. The van der Waals surface area contributed by atoms with Crippen molar-refractivity contribution in [2.24, 2.45) is 11.1 Å². The van der Waals surface area contributed by atoms with E-state index in [2.05, 4.69) is 0 Å². The monoisotopic (exact) mass is 343 g/mol. The predicted octanol–water partition coefficient (Wildman–Crippen LogP) is 1.51. The maximum atomic E-state index is 12.2. The molecular formula is C15H21NO4S2. The van der Waals surface area contributed by atoms with Crippen LogP contribution in [0.4, 0.5) is 0 Å². The quantitative estimate of drug-likeness (QED) is 0.756. The highest BCUT2D eigenvalue weighted by Crippen LogP contribution is 2.63. The molecule has 0 aromatic heterocycles. The first-order chi connectivity index (χ1) is 10.3. The first-order valence-corrected chi connectivity index (χ1v) is 9.35. The summed E-state index contributed by atoms with van der Waals surface area (Å²) in [6.45, 7) is 2.55. The molecule has 0 amide bonds. The molecule has 0 saturated heterocycles. The molecule has 1 aliphatic carbocycles. The van der Waals surface area contributed by atoms with Crippen LogP contribution < -0.4 is 10.5 Å². The highest BCUT2D eigenvalue weighted by molar-refractivity contribution is 7.92. The Morgan fingerprint density at radius 1 is 1.36 bits per heavy atom. The third-order valence-corrected chi connectivity index (χ3v) is 6.19. The lowest BCUT2D eigenvalue weighted by molar-refractivity contribution is 0.121. The second-order valence-corrected chi connectivity index (χ2v) is 8.15.